The number of likely N-dealkylation sites (tertiary alicyclic amines) is 1. The highest BCUT2D eigenvalue weighted by Crippen LogP contribution is 2.28. The summed E-state index contributed by atoms with van der Waals surface area (Å²) >= 11 is 3.21. The van der Waals surface area contributed by atoms with E-state index in [1.807, 2.05) is 27.8 Å². The van der Waals surface area contributed by atoms with Gasteiger partial charge in [0.05, 0.1) is 4.88 Å². The van der Waals surface area contributed by atoms with Gasteiger partial charge in [-0.3, -0.25) is 4.79 Å². The largest absolute Gasteiger partial charge is 0.337 e. The number of thiophene rings is 1. The van der Waals surface area contributed by atoms with Crippen molar-refractivity contribution in [1.82, 2.24) is 14.8 Å². The molecule has 0 aromatic carbocycles. The van der Waals surface area contributed by atoms with E-state index in [1.165, 1.54) is 0 Å². The lowest BCUT2D eigenvalue weighted by Crippen LogP contribution is -2.34. The summed E-state index contributed by atoms with van der Waals surface area (Å²) in [6, 6.07) is 4.64. The van der Waals surface area contributed by atoms with Gasteiger partial charge in [-0.15, -0.1) is 22.7 Å². The lowest BCUT2D eigenvalue weighted by Gasteiger charge is -2.23. The number of carbonyl (C=O) groups excluding carboxylic acids is 1. The lowest BCUT2D eigenvalue weighted by molar-refractivity contribution is 0.0753. The molecule has 0 bridgehead atoms. The first-order chi connectivity index (χ1) is 10.6. The zero-order valence-electron chi connectivity index (χ0n) is 13.0. The van der Waals surface area contributed by atoms with Crippen LogP contribution in [-0.4, -0.2) is 53.9 Å². The SMILES string of the molecule is CN(C)C1CCCN(C(=O)c2csc(-c3cccs3)n2)CC1. The molecule has 1 aliphatic heterocycles. The highest BCUT2D eigenvalue weighted by atomic mass is 32.1. The van der Waals surface area contributed by atoms with E-state index in [-0.39, 0.29) is 5.91 Å². The molecule has 0 N–H and O–H groups in total. The van der Waals surface area contributed by atoms with Gasteiger partial charge in [0.1, 0.15) is 10.7 Å². The summed E-state index contributed by atoms with van der Waals surface area (Å²) in [5.74, 6) is 0.0819. The minimum absolute atomic E-state index is 0.0819. The molecular formula is C16H21N3OS2. The summed E-state index contributed by atoms with van der Waals surface area (Å²) in [5.41, 5.74) is 0.594. The van der Waals surface area contributed by atoms with Crippen molar-refractivity contribution < 1.29 is 4.79 Å². The molecule has 6 heteroatoms. The molecule has 0 saturated carbocycles. The van der Waals surface area contributed by atoms with Crippen LogP contribution in [0, 0.1) is 0 Å². The summed E-state index contributed by atoms with van der Waals surface area (Å²) in [5, 5.41) is 4.87. The molecule has 4 nitrogen and oxygen atoms in total. The first-order valence-electron chi connectivity index (χ1n) is 7.60. The molecule has 3 rings (SSSR count). The zero-order valence-corrected chi connectivity index (χ0v) is 14.6. The van der Waals surface area contributed by atoms with Crippen LogP contribution in [0.25, 0.3) is 9.88 Å². The minimum Gasteiger partial charge on any atom is -0.337 e. The Kier molecular flexibility index (Phi) is 4.90. The molecule has 2 aromatic heterocycles. The van der Waals surface area contributed by atoms with Crippen molar-refractivity contribution in [3.8, 4) is 9.88 Å². The summed E-state index contributed by atoms with van der Waals surface area (Å²) in [4.78, 5) is 22.6. The molecule has 1 atom stereocenters. The van der Waals surface area contributed by atoms with E-state index in [0.29, 0.717) is 11.7 Å². The average Bonchev–Trinajstić information content (AvgIpc) is 3.12. The summed E-state index contributed by atoms with van der Waals surface area (Å²) in [6.07, 6.45) is 3.27. The third kappa shape index (κ3) is 3.39. The van der Waals surface area contributed by atoms with E-state index in [1.54, 1.807) is 22.7 Å². The van der Waals surface area contributed by atoms with E-state index < -0.39 is 0 Å². The second-order valence-corrected chi connectivity index (χ2v) is 7.66. The number of amides is 1. The van der Waals surface area contributed by atoms with Crippen molar-refractivity contribution in [2.45, 2.75) is 25.3 Å². The van der Waals surface area contributed by atoms with Gasteiger partial charge in [0.2, 0.25) is 0 Å². The number of hydrogen-bond donors (Lipinski definition) is 0. The summed E-state index contributed by atoms with van der Waals surface area (Å²) in [7, 11) is 4.24. The standard InChI is InChI=1S/C16H21N3OS2/c1-18(2)12-5-3-8-19(9-7-12)16(20)13-11-22-15(17-13)14-6-4-10-21-14/h4,6,10-12H,3,5,7-9H2,1-2H3. The Hall–Kier alpha value is -1.24. The van der Waals surface area contributed by atoms with Crippen molar-refractivity contribution in [3.05, 3.63) is 28.6 Å². The zero-order chi connectivity index (χ0) is 15.5. The molecule has 0 radical (unpaired) electrons. The van der Waals surface area contributed by atoms with Gasteiger partial charge in [0.15, 0.2) is 0 Å². The highest BCUT2D eigenvalue weighted by molar-refractivity contribution is 7.20. The van der Waals surface area contributed by atoms with Crippen LogP contribution in [0.4, 0.5) is 0 Å². The first kappa shape index (κ1) is 15.6. The molecule has 3 heterocycles. The predicted molar refractivity (Wildman–Crippen MR) is 92.7 cm³/mol. The van der Waals surface area contributed by atoms with Gasteiger partial charge in [0.25, 0.3) is 5.91 Å². The van der Waals surface area contributed by atoms with Gasteiger partial charge in [0, 0.05) is 24.5 Å². The normalized spacial score (nSPS) is 19.4. The van der Waals surface area contributed by atoms with Gasteiger partial charge in [-0.1, -0.05) is 6.07 Å². The molecule has 2 aromatic rings. The summed E-state index contributed by atoms with van der Waals surface area (Å²) < 4.78 is 0. The number of rotatable bonds is 3. The van der Waals surface area contributed by atoms with Crippen LogP contribution in [0.15, 0.2) is 22.9 Å². The Morgan fingerprint density at radius 2 is 2.18 bits per heavy atom. The minimum atomic E-state index is 0.0819. The Morgan fingerprint density at radius 1 is 1.32 bits per heavy atom. The van der Waals surface area contributed by atoms with Gasteiger partial charge in [-0.25, -0.2) is 4.98 Å². The van der Waals surface area contributed by atoms with Crippen molar-refractivity contribution in [2.24, 2.45) is 0 Å². The smallest absolute Gasteiger partial charge is 0.273 e. The van der Waals surface area contributed by atoms with Crippen molar-refractivity contribution >= 4 is 28.6 Å². The summed E-state index contributed by atoms with van der Waals surface area (Å²) in [6.45, 7) is 1.67. The van der Waals surface area contributed by atoms with Crippen LogP contribution in [0.5, 0.6) is 0 Å². The molecule has 22 heavy (non-hydrogen) atoms. The second kappa shape index (κ2) is 6.89. The molecule has 0 aliphatic carbocycles. The molecule has 1 saturated heterocycles. The topological polar surface area (TPSA) is 36.4 Å². The number of nitrogens with zero attached hydrogens (tertiary/aromatic N) is 3. The van der Waals surface area contributed by atoms with Crippen LogP contribution < -0.4 is 0 Å². The fraction of sp³-hybridized carbons (Fsp3) is 0.500. The number of carbonyl (C=O) groups is 1. The fourth-order valence-electron chi connectivity index (χ4n) is 2.85. The predicted octanol–water partition coefficient (Wildman–Crippen LogP) is 3.43. The molecule has 1 unspecified atom stereocenters. The molecule has 118 valence electrons. The lowest BCUT2D eigenvalue weighted by atomic mass is 10.1. The maximum Gasteiger partial charge on any atom is 0.273 e. The second-order valence-electron chi connectivity index (χ2n) is 5.86. The van der Waals surface area contributed by atoms with Crippen molar-refractivity contribution in [1.29, 1.82) is 0 Å². The van der Waals surface area contributed by atoms with Crippen LogP contribution in [0.1, 0.15) is 29.8 Å². The van der Waals surface area contributed by atoms with Crippen molar-refractivity contribution in [3.63, 3.8) is 0 Å². The van der Waals surface area contributed by atoms with E-state index in [4.69, 9.17) is 0 Å². The molecular weight excluding hydrogens is 314 g/mol. The van der Waals surface area contributed by atoms with Gasteiger partial charge in [-0.2, -0.15) is 0 Å². The Labute approximate surface area is 139 Å². The maximum absolute atomic E-state index is 12.7. The Morgan fingerprint density at radius 3 is 2.91 bits per heavy atom. The number of thiazole rings is 1. The van der Waals surface area contributed by atoms with Crippen LogP contribution in [0.3, 0.4) is 0 Å². The monoisotopic (exact) mass is 335 g/mol. The van der Waals surface area contributed by atoms with E-state index in [0.717, 1.165) is 42.2 Å². The van der Waals surface area contributed by atoms with E-state index >= 15 is 0 Å². The molecule has 0 spiro atoms. The third-order valence-corrected chi connectivity index (χ3v) is 6.05. The van der Waals surface area contributed by atoms with E-state index in [2.05, 4.69) is 24.0 Å². The van der Waals surface area contributed by atoms with Gasteiger partial charge in [-0.05, 0) is 44.8 Å². The van der Waals surface area contributed by atoms with Crippen LogP contribution in [-0.2, 0) is 0 Å². The fourth-order valence-corrected chi connectivity index (χ4v) is 4.45. The van der Waals surface area contributed by atoms with E-state index in [9.17, 15) is 4.79 Å². The number of hydrogen-bond acceptors (Lipinski definition) is 5. The number of aromatic nitrogens is 1. The van der Waals surface area contributed by atoms with Crippen LogP contribution in [0.2, 0.25) is 0 Å². The quantitative estimate of drug-likeness (QED) is 0.862. The Balaban J connectivity index is 1.69. The maximum atomic E-state index is 12.7. The highest BCUT2D eigenvalue weighted by Gasteiger charge is 2.24. The van der Waals surface area contributed by atoms with Crippen LogP contribution >= 0.6 is 22.7 Å². The van der Waals surface area contributed by atoms with Crippen molar-refractivity contribution in [2.75, 3.05) is 27.2 Å². The molecule has 1 aliphatic rings. The molecule has 1 fully saturated rings. The molecule has 1 amide bonds. The first-order valence-corrected chi connectivity index (χ1v) is 9.36. The average molecular weight is 335 g/mol. The third-order valence-electron chi connectivity index (χ3n) is 4.17. The Bertz CT molecular complexity index is 621. The van der Waals surface area contributed by atoms with Gasteiger partial charge < -0.3 is 9.80 Å². The van der Waals surface area contributed by atoms with Gasteiger partial charge >= 0.3 is 0 Å².